The van der Waals surface area contributed by atoms with Gasteiger partial charge >= 0.3 is 5.97 Å². The Bertz CT molecular complexity index is 689. The fourth-order valence-electron chi connectivity index (χ4n) is 4.00. The van der Waals surface area contributed by atoms with Crippen molar-refractivity contribution in [1.82, 2.24) is 5.01 Å². The highest BCUT2D eigenvalue weighted by Crippen LogP contribution is 2.26. The Balaban J connectivity index is 2.08. The van der Waals surface area contributed by atoms with E-state index >= 15 is 0 Å². The zero-order valence-electron chi connectivity index (χ0n) is 17.7. The van der Waals surface area contributed by atoms with Crippen LogP contribution in [0.3, 0.4) is 0 Å². The van der Waals surface area contributed by atoms with Crippen LogP contribution in [-0.4, -0.2) is 22.6 Å². The second-order valence-electron chi connectivity index (χ2n) is 8.97. The molecule has 0 heterocycles. The molecule has 0 atom stereocenters. The molecule has 0 aliphatic heterocycles. The summed E-state index contributed by atoms with van der Waals surface area (Å²) in [7, 11) is 0. The van der Waals surface area contributed by atoms with Crippen LogP contribution in [0, 0.1) is 18.3 Å². The Hall–Kier alpha value is -2.01. The first-order valence-corrected chi connectivity index (χ1v) is 10.5. The quantitative estimate of drug-likeness (QED) is 0.354. The van der Waals surface area contributed by atoms with Gasteiger partial charge in [-0.15, -0.1) is 0 Å². The molecule has 156 valence electrons. The highest BCUT2D eigenvalue weighted by molar-refractivity contribution is 5.74. The number of carbonyl (C=O) groups is 1. The Morgan fingerprint density at radius 2 is 1.89 bits per heavy atom. The van der Waals surface area contributed by atoms with Crippen molar-refractivity contribution < 1.29 is 9.90 Å². The minimum atomic E-state index is -0.793. The van der Waals surface area contributed by atoms with E-state index in [1.54, 1.807) is 20.0 Å². The third-order valence-electron chi connectivity index (χ3n) is 6.00. The van der Waals surface area contributed by atoms with Gasteiger partial charge in [0, 0.05) is 24.9 Å². The number of benzene rings is 1. The molecule has 1 aliphatic carbocycles. The predicted molar refractivity (Wildman–Crippen MR) is 114 cm³/mol. The molecule has 1 fully saturated rings. The second-order valence-corrected chi connectivity index (χ2v) is 8.97. The molecule has 5 N–H and O–H groups in total. The lowest BCUT2D eigenvalue weighted by Crippen LogP contribution is -2.36. The van der Waals surface area contributed by atoms with E-state index < -0.39 is 11.4 Å². The summed E-state index contributed by atoms with van der Waals surface area (Å²) in [5.74, 6) is 6.24. The molecule has 0 unspecified atom stereocenters. The lowest BCUT2D eigenvalue weighted by molar-refractivity contribution is -0.146. The largest absolute Gasteiger partial charge is 0.481 e. The van der Waals surface area contributed by atoms with Crippen molar-refractivity contribution in [2.75, 3.05) is 6.54 Å². The molecular formula is C23H37N3O2. The third kappa shape index (κ3) is 6.26. The number of allylic oxidation sites excluding steroid dienone is 1. The normalized spacial score (nSPS) is 16.6. The first-order valence-electron chi connectivity index (χ1n) is 10.5. The molecule has 0 spiro atoms. The van der Waals surface area contributed by atoms with E-state index in [0.717, 1.165) is 23.4 Å². The van der Waals surface area contributed by atoms with Gasteiger partial charge in [0.05, 0.1) is 5.41 Å². The molecule has 0 amide bonds. The van der Waals surface area contributed by atoms with E-state index in [9.17, 15) is 9.90 Å². The van der Waals surface area contributed by atoms with Crippen LogP contribution in [-0.2, 0) is 17.6 Å². The number of aryl methyl sites for hydroxylation is 1. The van der Waals surface area contributed by atoms with Crippen molar-refractivity contribution in [2.45, 2.75) is 72.1 Å². The van der Waals surface area contributed by atoms with Gasteiger partial charge in [-0.25, -0.2) is 5.84 Å². The van der Waals surface area contributed by atoms with Gasteiger partial charge in [-0.3, -0.25) is 4.79 Å². The topological polar surface area (TPSA) is 92.6 Å². The Kier molecular flexibility index (Phi) is 7.93. The van der Waals surface area contributed by atoms with Crippen molar-refractivity contribution in [3.05, 3.63) is 46.8 Å². The zero-order chi connectivity index (χ0) is 20.7. The number of rotatable bonds is 8. The number of hydrogen-bond acceptors (Lipinski definition) is 4. The van der Waals surface area contributed by atoms with E-state index in [-0.39, 0.29) is 0 Å². The number of carboxylic acid groups (broad SMARTS) is 1. The summed E-state index contributed by atoms with van der Waals surface area (Å²) in [6.45, 7) is 6.43. The Morgan fingerprint density at radius 3 is 2.46 bits per heavy atom. The molecule has 0 saturated heterocycles. The lowest BCUT2D eigenvalue weighted by Gasteiger charge is -2.27. The summed E-state index contributed by atoms with van der Waals surface area (Å²) < 4.78 is 0. The van der Waals surface area contributed by atoms with Crippen molar-refractivity contribution in [3.8, 4) is 0 Å². The number of hydrogen-bond donors (Lipinski definition) is 3. The Labute approximate surface area is 169 Å². The predicted octanol–water partition coefficient (Wildman–Crippen LogP) is 4.14. The first kappa shape index (κ1) is 22.3. The highest BCUT2D eigenvalue weighted by Gasteiger charge is 2.27. The molecule has 1 saturated carbocycles. The maximum Gasteiger partial charge on any atom is 0.309 e. The van der Waals surface area contributed by atoms with Gasteiger partial charge in [-0.05, 0) is 62.6 Å². The molecule has 1 aliphatic rings. The van der Waals surface area contributed by atoms with Crippen LogP contribution in [0.1, 0.15) is 69.1 Å². The maximum absolute atomic E-state index is 11.5. The van der Waals surface area contributed by atoms with E-state index in [4.69, 9.17) is 11.6 Å². The van der Waals surface area contributed by atoms with Crippen LogP contribution in [0.2, 0.25) is 0 Å². The fourth-order valence-corrected chi connectivity index (χ4v) is 4.00. The molecule has 5 nitrogen and oxygen atoms in total. The smallest absolute Gasteiger partial charge is 0.309 e. The number of carboxylic acids is 1. The lowest BCUT2D eigenvalue weighted by atomic mass is 9.85. The van der Waals surface area contributed by atoms with E-state index in [2.05, 4.69) is 19.1 Å². The minimum Gasteiger partial charge on any atom is -0.481 e. The fraction of sp³-hybridized carbons (Fsp3) is 0.609. The number of nitrogens with zero attached hydrogens (tertiary/aromatic N) is 1. The molecule has 5 heteroatoms. The molecule has 0 aromatic heterocycles. The van der Waals surface area contributed by atoms with Crippen LogP contribution in [0.25, 0.3) is 0 Å². The molecule has 1 aromatic rings. The van der Waals surface area contributed by atoms with E-state index in [1.165, 1.54) is 44.1 Å². The zero-order valence-corrected chi connectivity index (χ0v) is 17.7. The van der Waals surface area contributed by atoms with Crippen molar-refractivity contribution in [3.63, 3.8) is 0 Å². The van der Waals surface area contributed by atoms with Gasteiger partial charge in [0.25, 0.3) is 0 Å². The SMILES string of the molecule is Cc1ccc(CC(C)(C)C(=O)O)cc1C/C(=C/N)N(N)CC1CCCCCC1. The van der Waals surface area contributed by atoms with E-state index in [1.807, 2.05) is 11.1 Å². The summed E-state index contributed by atoms with van der Waals surface area (Å²) in [5.41, 5.74) is 9.39. The molecule has 1 aromatic carbocycles. The van der Waals surface area contributed by atoms with Crippen molar-refractivity contribution >= 4 is 5.97 Å². The third-order valence-corrected chi connectivity index (χ3v) is 6.00. The summed E-state index contributed by atoms with van der Waals surface area (Å²) in [5, 5.41) is 11.2. The molecule has 0 radical (unpaired) electrons. The van der Waals surface area contributed by atoms with Gasteiger partial charge in [0.1, 0.15) is 0 Å². The summed E-state index contributed by atoms with van der Waals surface area (Å²) in [6, 6.07) is 6.17. The molecule has 0 bridgehead atoms. The average molecular weight is 388 g/mol. The van der Waals surface area contributed by atoms with Crippen LogP contribution < -0.4 is 11.6 Å². The van der Waals surface area contributed by atoms with Gasteiger partial charge in [0.2, 0.25) is 0 Å². The van der Waals surface area contributed by atoms with Crippen molar-refractivity contribution in [2.24, 2.45) is 22.9 Å². The van der Waals surface area contributed by atoms with Gasteiger partial charge in [0.15, 0.2) is 0 Å². The van der Waals surface area contributed by atoms with Crippen LogP contribution in [0.15, 0.2) is 30.1 Å². The number of nitrogens with two attached hydrogens (primary N) is 2. The van der Waals surface area contributed by atoms with Crippen LogP contribution in [0.4, 0.5) is 0 Å². The minimum absolute atomic E-state index is 0.492. The monoisotopic (exact) mass is 387 g/mol. The van der Waals surface area contributed by atoms with Crippen LogP contribution in [0.5, 0.6) is 0 Å². The van der Waals surface area contributed by atoms with Crippen molar-refractivity contribution in [1.29, 1.82) is 0 Å². The standard InChI is InChI=1S/C23H37N3O2/c1-17-10-11-19(14-23(2,3)22(27)28)12-20(17)13-21(15-24)26(25)16-18-8-6-4-5-7-9-18/h10-12,15,18H,4-9,13-14,16,24-25H2,1-3H3,(H,27,28)/b21-15-. The van der Waals surface area contributed by atoms with E-state index in [0.29, 0.717) is 18.8 Å². The van der Waals surface area contributed by atoms with Gasteiger partial charge in [-0.2, -0.15) is 0 Å². The second kappa shape index (κ2) is 9.97. The summed E-state index contributed by atoms with van der Waals surface area (Å²) in [4.78, 5) is 11.5. The average Bonchev–Trinajstić information content (AvgIpc) is 2.90. The number of hydrazine groups is 1. The summed E-state index contributed by atoms with van der Waals surface area (Å²) in [6.07, 6.45) is 10.5. The van der Waals surface area contributed by atoms with Crippen LogP contribution >= 0.6 is 0 Å². The molecule has 28 heavy (non-hydrogen) atoms. The number of aliphatic carboxylic acids is 1. The maximum atomic E-state index is 11.5. The first-order chi connectivity index (χ1) is 13.2. The molecular weight excluding hydrogens is 350 g/mol. The highest BCUT2D eigenvalue weighted by atomic mass is 16.4. The Morgan fingerprint density at radius 1 is 1.25 bits per heavy atom. The summed E-state index contributed by atoms with van der Waals surface area (Å²) >= 11 is 0. The molecule has 2 rings (SSSR count). The van der Waals surface area contributed by atoms with Gasteiger partial charge < -0.3 is 15.8 Å². The van der Waals surface area contributed by atoms with Gasteiger partial charge in [-0.1, -0.05) is 43.9 Å².